The molecule has 0 aromatic heterocycles. The van der Waals surface area contributed by atoms with Crippen LogP contribution in [0.2, 0.25) is 0 Å². The van der Waals surface area contributed by atoms with E-state index in [1.54, 1.807) is 6.92 Å². The molecule has 0 aliphatic heterocycles. The Kier molecular flexibility index (Phi) is 9.35. The van der Waals surface area contributed by atoms with E-state index in [0.717, 1.165) is 0 Å². The van der Waals surface area contributed by atoms with Gasteiger partial charge in [0.25, 0.3) is 0 Å². The molecule has 0 aliphatic rings. The van der Waals surface area contributed by atoms with Gasteiger partial charge < -0.3 is 10.0 Å². The van der Waals surface area contributed by atoms with Crippen molar-refractivity contribution >= 4 is 11.9 Å². The Morgan fingerprint density at radius 2 is 2.22 bits per heavy atom. The third-order valence-corrected chi connectivity index (χ3v) is 0.480. The Morgan fingerprint density at radius 3 is 2.56 bits per heavy atom. The normalized spacial score (nSPS) is 11.1. The standard InChI is InChI=1S/C4H8N2O2.Cu/c1-4(3-5-7)6-8-2;/h3,7H,1-2H3;. The monoisotopic (exact) mass is 179 g/mol. The van der Waals surface area contributed by atoms with E-state index in [2.05, 4.69) is 15.1 Å². The number of nitrogens with zero attached hydrogens (tertiary/aromatic N) is 2. The van der Waals surface area contributed by atoms with Crippen LogP contribution in [-0.4, -0.2) is 24.2 Å². The van der Waals surface area contributed by atoms with Crippen molar-refractivity contribution in [2.75, 3.05) is 7.11 Å². The minimum atomic E-state index is 0. The molecule has 9 heavy (non-hydrogen) atoms. The minimum absolute atomic E-state index is 0. The summed E-state index contributed by atoms with van der Waals surface area (Å²) < 4.78 is 0. The molecule has 57 valence electrons. The van der Waals surface area contributed by atoms with E-state index < -0.39 is 0 Å². The summed E-state index contributed by atoms with van der Waals surface area (Å²) in [5.74, 6) is 0. The van der Waals surface area contributed by atoms with Gasteiger partial charge in [0.15, 0.2) is 0 Å². The van der Waals surface area contributed by atoms with Gasteiger partial charge in [0.2, 0.25) is 0 Å². The second-order valence-electron chi connectivity index (χ2n) is 1.16. The van der Waals surface area contributed by atoms with Gasteiger partial charge in [-0.1, -0.05) is 10.3 Å². The van der Waals surface area contributed by atoms with E-state index in [0.29, 0.717) is 5.71 Å². The average molecular weight is 180 g/mol. The molecule has 0 saturated heterocycles. The second kappa shape index (κ2) is 7.46. The van der Waals surface area contributed by atoms with Crippen molar-refractivity contribution in [1.29, 1.82) is 0 Å². The summed E-state index contributed by atoms with van der Waals surface area (Å²) in [6.45, 7) is 1.66. The first-order valence-corrected chi connectivity index (χ1v) is 2.06. The summed E-state index contributed by atoms with van der Waals surface area (Å²) in [6.07, 6.45) is 1.18. The largest absolute Gasteiger partial charge is 0.411 e. The Hall–Kier alpha value is -0.541. The van der Waals surface area contributed by atoms with E-state index in [4.69, 9.17) is 5.21 Å². The molecule has 0 aliphatic carbocycles. The summed E-state index contributed by atoms with van der Waals surface area (Å²) >= 11 is 0. The van der Waals surface area contributed by atoms with Gasteiger partial charge in [-0.2, -0.15) is 0 Å². The van der Waals surface area contributed by atoms with Crippen LogP contribution < -0.4 is 0 Å². The maximum absolute atomic E-state index is 7.90. The van der Waals surface area contributed by atoms with Crippen molar-refractivity contribution in [2.24, 2.45) is 10.3 Å². The van der Waals surface area contributed by atoms with E-state index >= 15 is 0 Å². The van der Waals surface area contributed by atoms with E-state index in [9.17, 15) is 0 Å². The number of rotatable bonds is 2. The molecule has 0 rings (SSSR count). The molecule has 0 bridgehead atoms. The predicted molar refractivity (Wildman–Crippen MR) is 30.4 cm³/mol. The molecule has 1 N–H and O–H groups in total. The third-order valence-electron chi connectivity index (χ3n) is 0.480. The van der Waals surface area contributed by atoms with E-state index in [1.165, 1.54) is 13.3 Å². The van der Waals surface area contributed by atoms with Crippen LogP contribution in [0, 0.1) is 0 Å². The summed E-state index contributed by atoms with van der Waals surface area (Å²) in [5.41, 5.74) is 0.523. The van der Waals surface area contributed by atoms with Gasteiger partial charge in [-0.25, -0.2) is 0 Å². The molecule has 0 fully saturated rings. The first kappa shape index (κ1) is 11.3. The van der Waals surface area contributed by atoms with Crippen LogP contribution in [0.25, 0.3) is 0 Å². The van der Waals surface area contributed by atoms with Crippen LogP contribution in [-0.2, 0) is 21.9 Å². The summed E-state index contributed by atoms with van der Waals surface area (Å²) in [5, 5.41) is 14.0. The summed E-state index contributed by atoms with van der Waals surface area (Å²) in [6, 6.07) is 0. The van der Waals surface area contributed by atoms with Crippen LogP contribution in [0.4, 0.5) is 0 Å². The molecule has 0 aromatic rings. The van der Waals surface area contributed by atoms with Gasteiger partial charge in [0.05, 0.1) is 11.9 Å². The molecule has 0 amide bonds. The van der Waals surface area contributed by atoms with Crippen molar-refractivity contribution in [3.05, 3.63) is 0 Å². The van der Waals surface area contributed by atoms with Crippen molar-refractivity contribution in [3.8, 4) is 0 Å². The van der Waals surface area contributed by atoms with Crippen molar-refractivity contribution < 1.29 is 27.1 Å². The molecule has 1 radical (unpaired) electrons. The Labute approximate surface area is 64.0 Å². The van der Waals surface area contributed by atoms with E-state index in [1.807, 2.05) is 0 Å². The maximum Gasteiger partial charge on any atom is 0.106 e. The molecule has 5 heteroatoms. The van der Waals surface area contributed by atoms with E-state index in [-0.39, 0.29) is 17.1 Å². The van der Waals surface area contributed by atoms with Gasteiger partial charge in [-0.3, -0.25) is 0 Å². The number of hydrogen-bond donors (Lipinski definition) is 1. The molecule has 0 aromatic carbocycles. The maximum atomic E-state index is 7.90. The van der Waals surface area contributed by atoms with Gasteiger partial charge in [-0.15, -0.1) is 0 Å². The summed E-state index contributed by atoms with van der Waals surface area (Å²) in [7, 11) is 1.43. The quantitative estimate of drug-likeness (QED) is 0.290. The van der Waals surface area contributed by atoms with Gasteiger partial charge in [0, 0.05) is 17.1 Å². The average Bonchev–Trinajstić information content (AvgIpc) is 1.68. The second-order valence-corrected chi connectivity index (χ2v) is 1.16. The van der Waals surface area contributed by atoms with Crippen LogP contribution in [0.5, 0.6) is 0 Å². The molecule has 0 atom stereocenters. The Morgan fingerprint density at radius 1 is 1.67 bits per heavy atom. The van der Waals surface area contributed by atoms with Gasteiger partial charge in [0.1, 0.15) is 7.11 Å². The van der Waals surface area contributed by atoms with Crippen molar-refractivity contribution in [3.63, 3.8) is 0 Å². The summed E-state index contributed by atoms with van der Waals surface area (Å²) in [4.78, 5) is 4.34. The zero-order chi connectivity index (χ0) is 6.41. The fourth-order valence-corrected chi connectivity index (χ4v) is 0.251. The first-order chi connectivity index (χ1) is 3.81. The molecular weight excluding hydrogens is 172 g/mol. The first-order valence-electron chi connectivity index (χ1n) is 2.06. The molecule has 0 heterocycles. The SMILES string of the molecule is CON=C(C)C=NO.[Cu]. The zero-order valence-corrected chi connectivity index (χ0v) is 6.07. The number of oxime groups is 2. The zero-order valence-electron chi connectivity index (χ0n) is 5.13. The van der Waals surface area contributed by atoms with Gasteiger partial charge >= 0.3 is 0 Å². The molecular formula is C4H8CuN2O2. The van der Waals surface area contributed by atoms with Gasteiger partial charge in [-0.05, 0) is 6.92 Å². The van der Waals surface area contributed by atoms with Crippen molar-refractivity contribution in [1.82, 2.24) is 0 Å². The molecule has 0 saturated carbocycles. The fourth-order valence-electron chi connectivity index (χ4n) is 0.251. The minimum Gasteiger partial charge on any atom is -0.411 e. The third kappa shape index (κ3) is 7.46. The topological polar surface area (TPSA) is 54.2 Å². The van der Waals surface area contributed by atoms with Crippen molar-refractivity contribution in [2.45, 2.75) is 6.92 Å². The number of hydrogen-bond acceptors (Lipinski definition) is 4. The molecule has 4 nitrogen and oxygen atoms in total. The molecule has 0 spiro atoms. The Bertz CT molecular complexity index is 113. The smallest absolute Gasteiger partial charge is 0.106 e. The molecule has 0 unspecified atom stereocenters. The fraction of sp³-hybridized carbons (Fsp3) is 0.500. The van der Waals surface area contributed by atoms with Crippen LogP contribution in [0.3, 0.4) is 0 Å². The van der Waals surface area contributed by atoms with Crippen LogP contribution in [0.15, 0.2) is 10.3 Å². The Balaban J connectivity index is 0. The van der Waals surface area contributed by atoms with Crippen LogP contribution >= 0.6 is 0 Å². The van der Waals surface area contributed by atoms with Crippen LogP contribution in [0.1, 0.15) is 6.92 Å². The predicted octanol–water partition coefficient (Wildman–Crippen LogP) is 0.466.